The number of aromatic nitrogens is 6. The summed E-state index contributed by atoms with van der Waals surface area (Å²) < 4.78 is 0. The molecule has 2 saturated heterocycles. The molecule has 5 rings (SSSR count). The summed E-state index contributed by atoms with van der Waals surface area (Å²) in [6.45, 7) is 9.00. The largest absolute Gasteiger partial charge is 0.353 e. The second-order valence-electron chi connectivity index (χ2n) is 7.72. The van der Waals surface area contributed by atoms with Gasteiger partial charge < -0.3 is 19.6 Å². The molecule has 2 aliphatic heterocycles. The van der Waals surface area contributed by atoms with Crippen LogP contribution in [0.5, 0.6) is 0 Å². The van der Waals surface area contributed by atoms with E-state index in [-0.39, 0.29) is 0 Å². The minimum atomic E-state index is 0.785. The molecule has 0 aliphatic carbocycles. The van der Waals surface area contributed by atoms with Crippen molar-refractivity contribution >= 4 is 23.7 Å². The number of nitrogens with zero attached hydrogens (tertiary/aromatic N) is 10. The topological polar surface area (TPSA) is 90.3 Å². The number of hydrogen-bond donors (Lipinski definition) is 0. The third kappa shape index (κ3) is 4.18. The smallest absolute Gasteiger partial charge is 0.227 e. The minimum Gasteiger partial charge on any atom is -0.353 e. The second-order valence-corrected chi connectivity index (χ2v) is 7.72. The first-order valence-electron chi connectivity index (χ1n) is 10.7. The summed E-state index contributed by atoms with van der Waals surface area (Å²) in [5.74, 6) is 3.39. The fourth-order valence-corrected chi connectivity index (χ4v) is 4.03. The molecule has 0 aromatic carbocycles. The first kappa shape index (κ1) is 19.4. The minimum absolute atomic E-state index is 0.785. The van der Waals surface area contributed by atoms with Gasteiger partial charge in [0, 0.05) is 88.9 Å². The Kier molecular flexibility index (Phi) is 5.42. The summed E-state index contributed by atoms with van der Waals surface area (Å²) in [5, 5.41) is 0. The van der Waals surface area contributed by atoms with E-state index in [1.54, 1.807) is 24.8 Å². The fraction of sp³-hybridized carbons (Fsp3) is 0.429. The number of anilines is 4. The molecule has 0 bridgehead atoms. The lowest BCUT2D eigenvalue weighted by Gasteiger charge is -2.37. The lowest BCUT2D eigenvalue weighted by atomic mass is 10.2. The molecule has 3 aromatic rings. The van der Waals surface area contributed by atoms with Crippen molar-refractivity contribution < 1.29 is 0 Å². The Morgan fingerprint density at radius 3 is 1.45 bits per heavy atom. The summed E-state index contributed by atoms with van der Waals surface area (Å²) in [5.41, 5.74) is 1.10. The van der Waals surface area contributed by atoms with Gasteiger partial charge in [0.2, 0.25) is 17.8 Å². The van der Waals surface area contributed by atoms with E-state index in [1.165, 1.54) is 0 Å². The van der Waals surface area contributed by atoms with E-state index in [0.717, 1.165) is 81.6 Å². The standard InChI is InChI=1S/C21H26N10/c1-17-16-26-21(31-14-12-30(13-15-31)20-24-6-3-7-25-20)27-18(17)28-8-10-29(11-9-28)19-22-4-2-5-23-19/h2-7,16H,8-15H2,1H3. The molecule has 0 spiro atoms. The molecule has 0 amide bonds. The van der Waals surface area contributed by atoms with Crippen LogP contribution in [0, 0.1) is 6.92 Å². The van der Waals surface area contributed by atoms with Gasteiger partial charge in [-0.2, -0.15) is 4.98 Å². The summed E-state index contributed by atoms with van der Waals surface area (Å²) in [6.07, 6.45) is 9.09. The average Bonchev–Trinajstić information content (AvgIpc) is 2.86. The lowest BCUT2D eigenvalue weighted by molar-refractivity contribution is 0.618. The van der Waals surface area contributed by atoms with Crippen LogP contribution in [-0.4, -0.2) is 82.3 Å². The molecule has 10 nitrogen and oxygen atoms in total. The SMILES string of the molecule is Cc1cnc(N2CCN(c3ncccn3)CC2)nc1N1CCN(c2ncccn2)CC1. The molecule has 160 valence electrons. The molecule has 0 unspecified atom stereocenters. The quantitative estimate of drug-likeness (QED) is 0.611. The third-order valence-electron chi connectivity index (χ3n) is 5.74. The van der Waals surface area contributed by atoms with Gasteiger partial charge in [0.1, 0.15) is 5.82 Å². The number of aryl methyl sites for hydroxylation is 1. The van der Waals surface area contributed by atoms with Crippen molar-refractivity contribution in [1.29, 1.82) is 0 Å². The van der Waals surface area contributed by atoms with E-state index in [1.807, 2.05) is 18.3 Å². The van der Waals surface area contributed by atoms with Crippen LogP contribution in [0.2, 0.25) is 0 Å². The van der Waals surface area contributed by atoms with Gasteiger partial charge in [-0.15, -0.1) is 0 Å². The molecular formula is C21H26N10. The van der Waals surface area contributed by atoms with E-state index < -0.39 is 0 Å². The van der Waals surface area contributed by atoms with Crippen LogP contribution in [0.4, 0.5) is 23.7 Å². The maximum atomic E-state index is 4.96. The van der Waals surface area contributed by atoms with E-state index >= 15 is 0 Å². The molecule has 10 heteroatoms. The Morgan fingerprint density at radius 2 is 0.968 bits per heavy atom. The first-order chi connectivity index (χ1) is 15.3. The molecule has 2 aliphatic rings. The molecule has 0 radical (unpaired) electrons. The van der Waals surface area contributed by atoms with Crippen LogP contribution in [0.25, 0.3) is 0 Å². The van der Waals surface area contributed by atoms with Gasteiger partial charge in [-0.3, -0.25) is 0 Å². The zero-order valence-corrected chi connectivity index (χ0v) is 17.7. The highest BCUT2D eigenvalue weighted by Gasteiger charge is 2.24. The van der Waals surface area contributed by atoms with E-state index in [9.17, 15) is 0 Å². The van der Waals surface area contributed by atoms with Gasteiger partial charge in [0.05, 0.1) is 0 Å². The van der Waals surface area contributed by atoms with E-state index in [0.29, 0.717) is 0 Å². The van der Waals surface area contributed by atoms with Gasteiger partial charge >= 0.3 is 0 Å². The van der Waals surface area contributed by atoms with Crippen molar-refractivity contribution in [3.05, 3.63) is 48.7 Å². The van der Waals surface area contributed by atoms with E-state index in [4.69, 9.17) is 4.98 Å². The second kappa shape index (κ2) is 8.66. The molecule has 3 aromatic heterocycles. The maximum absolute atomic E-state index is 4.96. The maximum Gasteiger partial charge on any atom is 0.227 e. The number of rotatable bonds is 4. The van der Waals surface area contributed by atoms with Crippen molar-refractivity contribution in [2.75, 3.05) is 72.0 Å². The fourth-order valence-electron chi connectivity index (χ4n) is 4.03. The van der Waals surface area contributed by atoms with Gasteiger partial charge in [-0.05, 0) is 19.1 Å². The Morgan fingerprint density at radius 1 is 0.548 bits per heavy atom. The zero-order valence-electron chi connectivity index (χ0n) is 17.7. The summed E-state index contributed by atoms with van der Waals surface area (Å²) >= 11 is 0. The average molecular weight is 419 g/mol. The van der Waals surface area contributed by atoms with Gasteiger partial charge in [-0.1, -0.05) is 0 Å². The van der Waals surface area contributed by atoms with Gasteiger partial charge in [0.25, 0.3) is 0 Å². The van der Waals surface area contributed by atoms with Crippen LogP contribution in [-0.2, 0) is 0 Å². The first-order valence-corrected chi connectivity index (χ1v) is 10.7. The highest BCUT2D eigenvalue weighted by molar-refractivity contribution is 5.52. The monoisotopic (exact) mass is 418 g/mol. The summed E-state index contributed by atoms with van der Waals surface area (Å²) in [7, 11) is 0. The zero-order chi connectivity index (χ0) is 21.0. The number of piperazine rings is 2. The van der Waals surface area contributed by atoms with Gasteiger partial charge in [0.15, 0.2) is 0 Å². The van der Waals surface area contributed by atoms with Crippen molar-refractivity contribution in [2.24, 2.45) is 0 Å². The van der Waals surface area contributed by atoms with Crippen LogP contribution >= 0.6 is 0 Å². The Bertz CT molecular complexity index is 984. The predicted molar refractivity (Wildman–Crippen MR) is 120 cm³/mol. The Hall–Kier alpha value is -3.56. The summed E-state index contributed by atoms with van der Waals surface area (Å²) in [4.78, 5) is 36.1. The van der Waals surface area contributed by atoms with Crippen LogP contribution in [0.15, 0.2) is 43.1 Å². The molecule has 2 fully saturated rings. The Balaban J connectivity index is 1.24. The third-order valence-corrected chi connectivity index (χ3v) is 5.74. The molecule has 0 N–H and O–H groups in total. The van der Waals surface area contributed by atoms with Crippen molar-refractivity contribution in [2.45, 2.75) is 6.92 Å². The van der Waals surface area contributed by atoms with Crippen molar-refractivity contribution in [3.63, 3.8) is 0 Å². The van der Waals surface area contributed by atoms with Crippen LogP contribution in [0.3, 0.4) is 0 Å². The highest BCUT2D eigenvalue weighted by Crippen LogP contribution is 2.23. The lowest BCUT2D eigenvalue weighted by Crippen LogP contribution is -2.49. The van der Waals surface area contributed by atoms with Crippen molar-refractivity contribution in [1.82, 2.24) is 29.9 Å². The molecule has 0 atom stereocenters. The molecule has 5 heterocycles. The molecular weight excluding hydrogens is 392 g/mol. The van der Waals surface area contributed by atoms with E-state index in [2.05, 4.69) is 51.4 Å². The van der Waals surface area contributed by atoms with Crippen LogP contribution in [0.1, 0.15) is 5.56 Å². The number of hydrogen-bond acceptors (Lipinski definition) is 10. The van der Waals surface area contributed by atoms with Crippen LogP contribution < -0.4 is 19.6 Å². The highest BCUT2D eigenvalue weighted by atomic mass is 15.4. The predicted octanol–water partition coefficient (Wildman–Crippen LogP) is 1.02. The molecule has 31 heavy (non-hydrogen) atoms. The normalized spacial score (nSPS) is 17.2. The summed E-state index contributed by atoms with van der Waals surface area (Å²) in [6, 6.07) is 3.69. The molecule has 0 saturated carbocycles. The Labute approximate surface area is 181 Å². The van der Waals surface area contributed by atoms with Gasteiger partial charge in [-0.25, -0.2) is 24.9 Å². The van der Waals surface area contributed by atoms with Crippen molar-refractivity contribution in [3.8, 4) is 0 Å².